The highest BCUT2D eigenvalue weighted by Crippen LogP contribution is 2.41. The Morgan fingerprint density at radius 2 is 0.673 bits per heavy atom. The van der Waals surface area contributed by atoms with E-state index < -0.39 is 0 Å². The van der Waals surface area contributed by atoms with Crippen LogP contribution in [0.3, 0.4) is 0 Å². The molecule has 0 bridgehead atoms. The molecule has 0 aliphatic rings. The lowest BCUT2D eigenvalue weighted by molar-refractivity contribution is 0.668. The zero-order valence-electron chi connectivity index (χ0n) is 27.7. The molecule has 0 saturated carbocycles. The summed E-state index contributed by atoms with van der Waals surface area (Å²) in [5, 5.41) is 8.59. The first kappa shape index (κ1) is 28.7. The molecule has 242 valence electrons. The second-order valence-corrected chi connectivity index (χ2v) is 13.1. The minimum Gasteiger partial charge on any atom is -0.456 e. The number of rotatable bonds is 4. The van der Waals surface area contributed by atoms with E-state index in [9.17, 15) is 0 Å². The Labute approximate surface area is 297 Å². The normalized spacial score (nSPS) is 11.8. The van der Waals surface area contributed by atoms with Crippen LogP contribution in [0.5, 0.6) is 0 Å². The predicted molar refractivity (Wildman–Crippen MR) is 211 cm³/mol. The van der Waals surface area contributed by atoms with Gasteiger partial charge in [-0.15, -0.1) is 0 Å². The monoisotopic (exact) mass is 665 g/mol. The number of para-hydroxylation sites is 2. The van der Waals surface area contributed by atoms with Gasteiger partial charge in [-0.1, -0.05) is 140 Å². The summed E-state index contributed by atoms with van der Waals surface area (Å²) in [7, 11) is 0. The van der Waals surface area contributed by atoms with Crippen molar-refractivity contribution in [2.75, 3.05) is 0 Å². The van der Waals surface area contributed by atoms with Gasteiger partial charge < -0.3 is 8.83 Å². The van der Waals surface area contributed by atoms with Gasteiger partial charge in [-0.05, 0) is 56.9 Å². The molecular formula is C47H27N3O2. The highest BCUT2D eigenvalue weighted by atomic mass is 16.3. The summed E-state index contributed by atoms with van der Waals surface area (Å²) in [5.41, 5.74) is 8.32. The van der Waals surface area contributed by atoms with Gasteiger partial charge in [-0.3, -0.25) is 0 Å². The quantitative estimate of drug-likeness (QED) is 0.175. The van der Waals surface area contributed by atoms with Gasteiger partial charge in [0.1, 0.15) is 22.3 Å². The summed E-state index contributed by atoms with van der Waals surface area (Å²) in [6, 6.07) is 56.3. The predicted octanol–water partition coefficient (Wildman–Crippen LogP) is 12.6. The number of fused-ring (bicyclic) bond motifs is 9. The van der Waals surface area contributed by atoms with E-state index in [1.54, 1.807) is 0 Å². The van der Waals surface area contributed by atoms with Crippen molar-refractivity contribution in [3.63, 3.8) is 0 Å². The van der Waals surface area contributed by atoms with Crippen molar-refractivity contribution in [2.45, 2.75) is 0 Å². The van der Waals surface area contributed by atoms with Crippen LogP contribution in [0.4, 0.5) is 0 Å². The van der Waals surface area contributed by atoms with Crippen LogP contribution in [0.15, 0.2) is 173 Å². The highest BCUT2D eigenvalue weighted by molar-refractivity contribution is 6.16. The van der Waals surface area contributed by atoms with Crippen LogP contribution in [0.25, 0.3) is 111 Å². The van der Waals surface area contributed by atoms with E-state index in [2.05, 4.69) is 103 Å². The molecule has 11 aromatic rings. The van der Waals surface area contributed by atoms with Gasteiger partial charge in [-0.2, -0.15) is 0 Å². The van der Waals surface area contributed by atoms with E-state index in [0.717, 1.165) is 71.3 Å². The summed E-state index contributed by atoms with van der Waals surface area (Å²) in [6.45, 7) is 0. The molecule has 0 radical (unpaired) electrons. The van der Waals surface area contributed by atoms with Crippen molar-refractivity contribution in [1.29, 1.82) is 0 Å². The van der Waals surface area contributed by atoms with Crippen LogP contribution >= 0.6 is 0 Å². The van der Waals surface area contributed by atoms with E-state index in [4.69, 9.17) is 23.8 Å². The van der Waals surface area contributed by atoms with Crippen molar-refractivity contribution in [2.24, 2.45) is 0 Å². The Bertz CT molecular complexity index is 3060. The van der Waals surface area contributed by atoms with E-state index in [1.165, 1.54) is 21.9 Å². The molecule has 0 amide bonds. The number of aromatic nitrogens is 3. The minimum atomic E-state index is 0.575. The zero-order chi connectivity index (χ0) is 34.2. The zero-order valence-corrected chi connectivity index (χ0v) is 27.7. The fourth-order valence-electron chi connectivity index (χ4n) is 7.85. The summed E-state index contributed by atoms with van der Waals surface area (Å²) < 4.78 is 12.6. The third kappa shape index (κ3) is 4.33. The van der Waals surface area contributed by atoms with Gasteiger partial charge in [0.05, 0.1) is 0 Å². The Morgan fingerprint density at radius 3 is 1.25 bits per heavy atom. The Hall–Kier alpha value is -7.11. The van der Waals surface area contributed by atoms with E-state index >= 15 is 0 Å². The molecule has 5 nitrogen and oxygen atoms in total. The molecule has 0 aliphatic carbocycles. The third-order valence-corrected chi connectivity index (χ3v) is 10.2. The maximum Gasteiger partial charge on any atom is 0.164 e. The Kier molecular flexibility index (Phi) is 6.18. The largest absolute Gasteiger partial charge is 0.456 e. The number of nitrogens with zero attached hydrogens (tertiary/aromatic N) is 3. The first-order chi connectivity index (χ1) is 25.8. The third-order valence-electron chi connectivity index (χ3n) is 10.2. The van der Waals surface area contributed by atoms with Gasteiger partial charge in [0.15, 0.2) is 17.5 Å². The maximum absolute atomic E-state index is 6.30. The average molecular weight is 666 g/mol. The maximum atomic E-state index is 6.30. The number of hydrogen-bond acceptors (Lipinski definition) is 5. The lowest BCUT2D eigenvalue weighted by Crippen LogP contribution is -2.01. The molecule has 0 fully saturated rings. The Morgan fingerprint density at radius 1 is 0.269 bits per heavy atom. The van der Waals surface area contributed by atoms with Crippen molar-refractivity contribution < 1.29 is 8.83 Å². The van der Waals surface area contributed by atoms with Gasteiger partial charge in [-0.25, -0.2) is 15.0 Å². The second kappa shape index (κ2) is 11.2. The first-order valence-corrected chi connectivity index (χ1v) is 17.4. The van der Waals surface area contributed by atoms with Gasteiger partial charge in [0, 0.05) is 38.2 Å². The Balaban J connectivity index is 1.20. The standard InChI is InChI=1S/C47H27N3O2/c1-2-12-28(13-3-1)29-16-8-17-30-31-18-9-19-34(33(31)27-26-32(29)30)45-48-46(37-20-10-24-41-43(37)35-14-4-6-22-39(35)51-41)50-47(49-45)38-21-11-25-42-44(38)36-15-5-7-23-40(36)52-42/h1-27H. The van der Waals surface area contributed by atoms with E-state index in [1.807, 2.05) is 60.7 Å². The van der Waals surface area contributed by atoms with E-state index in [-0.39, 0.29) is 0 Å². The van der Waals surface area contributed by atoms with Gasteiger partial charge in [0.2, 0.25) is 0 Å². The molecule has 11 rings (SSSR count). The molecule has 5 heteroatoms. The number of benzene rings is 8. The molecule has 52 heavy (non-hydrogen) atoms. The number of hydrogen-bond donors (Lipinski definition) is 0. The van der Waals surface area contributed by atoms with Crippen LogP contribution in [-0.2, 0) is 0 Å². The topological polar surface area (TPSA) is 65.0 Å². The fraction of sp³-hybridized carbons (Fsp3) is 0. The van der Waals surface area contributed by atoms with Crippen LogP contribution in [-0.4, -0.2) is 15.0 Å². The second-order valence-electron chi connectivity index (χ2n) is 13.1. The molecule has 0 atom stereocenters. The van der Waals surface area contributed by atoms with Crippen molar-refractivity contribution in [1.82, 2.24) is 15.0 Å². The molecule has 0 unspecified atom stereocenters. The highest BCUT2D eigenvalue weighted by Gasteiger charge is 2.21. The SMILES string of the molecule is c1ccc(-c2cccc3c2ccc2c(-c4nc(-c5cccc6oc7ccccc7c56)nc(-c5cccc6oc7ccccc7c56)n4)cccc23)cc1. The summed E-state index contributed by atoms with van der Waals surface area (Å²) in [5.74, 6) is 1.75. The summed E-state index contributed by atoms with van der Waals surface area (Å²) >= 11 is 0. The molecule has 0 spiro atoms. The van der Waals surface area contributed by atoms with Crippen molar-refractivity contribution in [3.05, 3.63) is 164 Å². The van der Waals surface area contributed by atoms with E-state index in [0.29, 0.717) is 17.5 Å². The number of furan rings is 2. The average Bonchev–Trinajstić information content (AvgIpc) is 3.79. The molecular weight excluding hydrogens is 639 g/mol. The minimum absolute atomic E-state index is 0.575. The first-order valence-electron chi connectivity index (χ1n) is 17.4. The molecule has 0 aliphatic heterocycles. The molecule has 3 aromatic heterocycles. The fourth-order valence-corrected chi connectivity index (χ4v) is 7.85. The van der Waals surface area contributed by atoms with Crippen LogP contribution in [0.2, 0.25) is 0 Å². The van der Waals surface area contributed by atoms with Crippen molar-refractivity contribution in [3.8, 4) is 45.3 Å². The summed E-state index contributed by atoms with van der Waals surface area (Å²) in [4.78, 5) is 15.8. The smallest absolute Gasteiger partial charge is 0.164 e. The lowest BCUT2D eigenvalue weighted by atomic mass is 9.93. The summed E-state index contributed by atoms with van der Waals surface area (Å²) in [6.07, 6.45) is 0. The molecule has 0 saturated heterocycles. The van der Waals surface area contributed by atoms with Crippen LogP contribution in [0, 0.1) is 0 Å². The van der Waals surface area contributed by atoms with Crippen molar-refractivity contribution >= 4 is 65.4 Å². The molecule has 0 N–H and O–H groups in total. The van der Waals surface area contributed by atoms with Crippen LogP contribution < -0.4 is 0 Å². The molecule has 8 aromatic carbocycles. The lowest BCUT2D eigenvalue weighted by Gasteiger charge is -2.13. The van der Waals surface area contributed by atoms with Crippen LogP contribution in [0.1, 0.15) is 0 Å². The molecule has 3 heterocycles. The van der Waals surface area contributed by atoms with Gasteiger partial charge >= 0.3 is 0 Å². The van der Waals surface area contributed by atoms with Gasteiger partial charge in [0.25, 0.3) is 0 Å².